The predicted octanol–water partition coefficient (Wildman–Crippen LogP) is 3.53. The molecule has 0 aliphatic carbocycles. The van der Waals surface area contributed by atoms with Crippen molar-refractivity contribution in [2.45, 2.75) is 32.6 Å². The molecule has 0 radical (unpaired) electrons. The lowest BCUT2D eigenvalue weighted by atomic mass is 9.95. The largest absolute Gasteiger partial charge is 0.342 e. The summed E-state index contributed by atoms with van der Waals surface area (Å²) in [6, 6.07) is 11.8. The van der Waals surface area contributed by atoms with E-state index in [-0.39, 0.29) is 17.7 Å². The van der Waals surface area contributed by atoms with Gasteiger partial charge in [0.2, 0.25) is 5.91 Å². The van der Waals surface area contributed by atoms with Gasteiger partial charge < -0.3 is 9.80 Å². The summed E-state index contributed by atoms with van der Waals surface area (Å²) in [6.07, 6.45) is 5.79. The van der Waals surface area contributed by atoms with Crippen LogP contribution < -0.4 is 0 Å². The number of hydrogen-bond acceptors (Lipinski definition) is 3. The Morgan fingerprint density at radius 2 is 1.64 bits per heavy atom. The normalized spacial score (nSPS) is 19.7. The zero-order valence-electron chi connectivity index (χ0n) is 16.4. The molecular formula is C23H27N3O2. The first-order valence-corrected chi connectivity index (χ1v) is 10.2. The van der Waals surface area contributed by atoms with Crippen LogP contribution in [0.15, 0.2) is 42.6 Å². The second kappa shape index (κ2) is 8.13. The van der Waals surface area contributed by atoms with E-state index >= 15 is 0 Å². The number of rotatable bonds is 3. The first-order valence-electron chi connectivity index (χ1n) is 10.2. The quantitative estimate of drug-likeness (QED) is 0.822. The molecule has 2 aliphatic heterocycles. The number of hydrogen-bond donors (Lipinski definition) is 0. The van der Waals surface area contributed by atoms with Gasteiger partial charge in [0, 0.05) is 43.6 Å². The van der Waals surface area contributed by atoms with Crippen LogP contribution in [0.25, 0.3) is 11.1 Å². The monoisotopic (exact) mass is 377 g/mol. The summed E-state index contributed by atoms with van der Waals surface area (Å²) in [4.78, 5) is 33.8. The summed E-state index contributed by atoms with van der Waals surface area (Å²) in [6.45, 7) is 4.99. The highest BCUT2D eigenvalue weighted by molar-refractivity contribution is 5.95. The van der Waals surface area contributed by atoms with Gasteiger partial charge in [0.1, 0.15) is 0 Å². The van der Waals surface area contributed by atoms with Gasteiger partial charge in [0.25, 0.3) is 5.91 Å². The number of aryl methyl sites for hydroxylation is 1. The molecule has 0 bridgehead atoms. The molecule has 1 unspecified atom stereocenters. The average Bonchev–Trinajstić information content (AvgIpc) is 3.28. The molecule has 5 nitrogen and oxygen atoms in total. The molecule has 2 aromatic rings. The second-order valence-electron chi connectivity index (χ2n) is 7.89. The third kappa shape index (κ3) is 3.93. The number of aromatic nitrogens is 1. The van der Waals surface area contributed by atoms with Gasteiger partial charge in [-0.25, -0.2) is 0 Å². The third-order valence-corrected chi connectivity index (χ3v) is 5.84. The minimum absolute atomic E-state index is 0.0244. The maximum atomic E-state index is 13.0. The number of likely N-dealkylation sites (tertiary alicyclic amines) is 2. The molecule has 146 valence electrons. The van der Waals surface area contributed by atoms with E-state index in [0.717, 1.165) is 62.1 Å². The lowest BCUT2D eigenvalue weighted by Crippen LogP contribution is -2.46. The molecule has 4 rings (SSSR count). The fraction of sp³-hybridized carbons (Fsp3) is 0.435. The molecule has 5 heteroatoms. The molecule has 1 aromatic carbocycles. The lowest BCUT2D eigenvalue weighted by molar-refractivity contribution is -0.135. The minimum atomic E-state index is -0.0464. The van der Waals surface area contributed by atoms with E-state index < -0.39 is 0 Å². The van der Waals surface area contributed by atoms with Gasteiger partial charge in [0.05, 0.1) is 5.92 Å². The highest BCUT2D eigenvalue weighted by atomic mass is 16.2. The summed E-state index contributed by atoms with van der Waals surface area (Å²) in [5.74, 6) is 0.213. The number of carbonyl (C=O) groups is 2. The van der Waals surface area contributed by atoms with Gasteiger partial charge in [-0.15, -0.1) is 0 Å². The zero-order valence-corrected chi connectivity index (χ0v) is 16.4. The van der Waals surface area contributed by atoms with Crippen molar-refractivity contribution in [2.75, 3.05) is 26.2 Å². The maximum Gasteiger partial charge on any atom is 0.253 e. The summed E-state index contributed by atoms with van der Waals surface area (Å²) >= 11 is 0. The fourth-order valence-corrected chi connectivity index (χ4v) is 4.27. The molecule has 1 aromatic heterocycles. The molecule has 0 spiro atoms. The van der Waals surface area contributed by atoms with Crippen molar-refractivity contribution in [1.82, 2.24) is 14.8 Å². The van der Waals surface area contributed by atoms with E-state index in [4.69, 9.17) is 0 Å². The Bertz CT molecular complexity index is 856. The fourth-order valence-electron chi connectivity index (χ4n) is 4.27. The molecule has 28 heavy (non-hydrogen) atoms. The van der Waals surface area contributed by atoms with Gasteiger partial charge in [0.15, 0.2) is 0 Å². The summed E-state index contributed by atoms with van der Waals surface area (Å²) in [5.41, 5.74) is 3.83. The Morgan fingerprint density at radius 1 is 0.929 bits per heavy atom. The van der Waals surface area contributed by atoms with Gasteiger partial charge in [-0.1, -0.05) is 12.1 Å². The molecular weight excluding hydrogens is 350 g/mol. The summed E-state index contributed by atoms with van der Waals surface area (Å²) in [7, 11) is 0. The number of amides is 2. The molecule has 2 fully saturated rings. The van der Waals surface area contributed by atoms with Crippen LogP contribution in [0.5, 0.6) is 0 Å². The van der Waals surface area contributed by atoms with E-state index in [1.54, 1.807) is 6.20 Å². The van der Waals surface area contributed by atoms with Gasteiger partial charge in [-0.2, -0.15) is 0 Å². The molecule has 2 saturated heterocycles. The van der Waals surface area contributed by atoms with Crippen LogP contribution in [0, 0.1) is 12.8 Å². The van der Waals surface area contributed by atoms with Crippen LogP contribution in [0.1, 0.15) is 41.7 Å². The topological polar surface area (TPSA) is 53.5 Å². The van der Waals surface area contributed by atoms with Crippen molar-refractivity contribution >= 4 is 11.8 Å². The van der Waals surface area contributed by atoms with Crippen LogP contribution in [0.4, 0.5) is 0 Å². The van der Waals surface area contributed by atoms with E-state index in [9.17, 15) is 9.59 Å². The molecule has 2 amide bonds. The second-order valence-corrected chi connectivity index (χ2v) is 7.89. The molecule has 3 heterocycles. The van der Waals surface area contributed by atoms with E-state index in [2.05, 4.69) is 4.98 Å². The van der Waals surface area contributed by atoms with Crippen LogP contribution in [-0.2, 0) is 4.79 Å². The van der Waals surface area contributed by atoms with E-state index in [1.807, 2.05) is 53.1 Å². The van der Waals surface area contributed by atoms with Crippen molar-refractivity contribution < 1.29 is 9.59 Å². The van der Waals surface area contributed by atoms with E-state index in [1.165, 1.54) is 0 Å². The molecule has 0 N–H and O–H groups in total. The third-order valence-electron chi connectivity index (χ3n) is 5.84. The minimum Gasteiger partial charge on any atom is -0.342 e. The number of carbonyl (C=O) groups excluding carboxylic acids is 2. The Hall–Kier alpha value is -2.69. The summed E-state index contributed by atoms with van der Waals surface area (Å²) < 4.78 is 0. The van der Waals surface area contributed by atoms with Crippen molar-refractivity contribution in [3.05, 3.63) is 53.9 Å². The Labute approximate surface area is 166 Å². The standard InChI is InChI=1S/C23H27N3O2/c1-17-15-20(10-11-24-17)18-6-8-19(9-7-18)22(27)26-14-4-5-21(16-26)23(28)25-12-2-3-13-25/h6-11,15,21H,2-5,12-14,16H2,1H3. The average molecular weight is 377 g/mol. The predicted molar refractivity (Wildman–Crippen MR) is 109 cm³/mol. The SMILES string of the molecule is Cc1cc(-c2ccc(C(=O)N3CCCC(C(=O)N4CCCC4)C3)cc2)ccn1. The molecule has 2 aliphatic rings. The molecule has 0 saturated carbocycles. The maximum absolute atomic E-state index is 13.0. The first kappa shape index (κ1) is 18.7. The van der Waals surface area contributed by atoms with Crippen molar-refractivity contribution in [3.8, 4) is 11.1 Å². The zero-order chi connectivity index (χ0) is 19.5. The van der Waals surface area contributed by atoms with Crippen LogP contribution in [0.3, 0.4) is 0 Å². The first-order chi connectivity index (χ1) is 13.6. The molecule has 1 atom stereocenters. The van der Waals surface area contributed by atoms with Gasteiger partial charge >= 0.3 is 0 Å². The van der Waals surface area contributed by atoms with Crippen molar-refractivity contribution in [3.63, 3.8) is 0 Å². The van der Waals surface area contributed by atoms with Gasteiger partial charge in [-0.05, 0) is 68.0 Å². The van der Waals surface area contributed by atoms with Gasteiger partial charge in [-0.3, -0.25) is 14.6 Å². The smallest absolute Gasteiger partial charge is 0.253 e. The number of piperidine rings is 1. The van der Waals surface area contributed by atoms with Crippen LogP contribution >= 0.6 is 0 Å². The number of nitrogens with zero attached hydrogens (tertiary/aromatic N) is 3. The highest BCUT2D eigenvalue weighted by Gasteiger charge is 2.32. The number of benzene rings is 1. The number of pyridine rings is 1. The van der Waals surface area contributed by atoms with Crippen LogP contribution in [0.2, 0.25) is 0 Å². The Morgan fingerprint density at radius 3 is 2.36 bits per heavy atom. The van der Waals surface area contributed by atoms with E-state index in [0.29, 0.717) is 12.1 Å². The highest BCUT2D eigenvalue weighted by Crippen LogP contribution is 2.24. The van der Waals surface area contributed by atoms with Crippen LogP contribution in [-0.4, -0.2) is 52.8 Å². The lowest BCUT2D eigenvalue weighted by Gasteiger charge is -2.34. The Balaban J connectivity index is 1.44. The van der Waals surface area contributed by atoms with Crippen molar-refractivity contribution in [1.29, 1.82) is 0 Å². The Kier molecular flexibility index (Phi) is 5.42. The van der Waals surface area contributed by atoms with Crippen molar-refractivity contribution in [2.24, 2.45) is 5.92 Å². The summed E-state index contributed by atoms with van der Waals surface area (Å²) in [5, 5.41) is 0.